The van der Waals surface area contributed by atoms with Gasteiger partial charge < -0.3 is 10.1 Å². The first-order valence-electron chi connectivity index (χ1n) is 6.98. The van der Waals surface area contributed by atoms with Crippen LogP contribution in [0.2, 0.25) is 0 Å². The summed E-state index contributed by atoms with van der Waals surface area (Å²) in [6, 6.07) is -0.563. The van der Waals surface area contributed by atoms with Crippen molar-refractivity contribution in [3.8, 4) is 12.3 Å². The Bertz CT molecular complexity index is 340. The fourth-order valence-corrected chi connectivity index (χ4v) is 2.53. The van der Waals surface area contributed by atoms with E-state index >= 15 is 0 Å². The van der Waals surface area contributed by atoms with Crippen molar-refractivity contribution in [2.45, 2.75) is 57.4 Å². The van der Waals surface area contributed by atoms with Crippen LogP contribution in [-0.4, -0.2) is 25.0 Å². The van der Waals surface area contributed by atoms with Gasteiger partial charge in [0.1, 0.15) is 6.04 Å². The van der Waals surface area contributed by atoms with E-state index in [1.54, 1.807) is 0 Å². The van der Waals surface area contributed by atoms with E-state index in [1.165, 1.54) is 20.0 Å². The summed E-state index contributed by atoms with van der Waals surface area (Å²) in [7, 11) is 1.33. The van der Waals surface area contributed by atoms with Crippen molar-refractivity contribution in [2.24, 2.45) is 5.92 Å². The minimum absolute atomic E-state index is 0.0528. The molecule has 0 saturated heterocycles. The maximum atomic E-state index is 11.9. The molecule has 4 heteroatoms. The third-order valence-corrected chi connectivity index (χ3v) is 3.58. The SMILES string of the molecule is C#CCCC[C@H](NC(=O)CC1CCCC1)C(=O)OC. The van der Waals surface area contributed by atoms with Gasteiger partial charge in [0, 0.05) is 12.8 Å². The van der Waals surface area contributed by atoms with Gasteiger partial charge in [0.15, 0.2) is 0 Å². The van der Waals surface area contributed by atoms with Crippen LogP contribution < -0.4 is 5.32 Å². The normalized spacial score (nSPS) is 16.6. The van der Waals surface area contributed by atoms with Gasteiger partial charge in [-0.25, -0.2) is 4.79 Å². The van der Waals surface area contributed by atoms with Crippen LogP contribution in [0.3, 0.4) is 0 Å². The van der Waals surface area contributed by atoms with Crippen molar-refractivity contribution >= 4 is 11.9 Å². The highest BCUT2D eigenvalue weighted by atomic mass is 16.5. The van der Waals surface area contributed by atoms with Crippen LogP contribution in [0.4, 0.5) is 0 Å². The highest BCUT2D eigenvalue weighted by molar-refractivity contribution is 5.84. The van der Waals surface area contributed by atoms with Crippen molar-refractivity contribution < 1.29 is 14.3 Å². The molecule has 1 fully saturated rings. The fourth-order valence-electron chi connectivity index (χ4n) is 2.53. The first-order valence-corrected chi connectivity index (χ1v) is 6.98. The molecule has 19 heavy (non-hydrogen) atoms. The van der Waals surface area contributed by atoms with Gasteiger partial charge in [0.25, 0.3) is 0 Å². The van der Waals surface area contributed by atoms with E-state index in [9.17, 15) is 9.59 Å². The number of nitrogens with one attached hydrogen (secondary N) is 1. The minimum atomic E-state index is -0.563. The quantitative estimate of drug-likeness (QED) is 0.435. The summed E-state index contributed by atoms with van der Waals surface area (Å²) in [4.78, 5) is 23.5. The summed E-state index contributed by atoms with van der Waals surface area (Å²) in [6.07, 6.45) is 12.2. The van der Waals surface area contributed by atoms with Crippen LogP contribution in [0.1, 0.15) is 51.4 Å². The fraction of sp³-hybridized carbons (Fsp3) is 0.733. The molecule has 1 atom stereocenters. The summed E-state index contributed by atoms with van der Waals surface area (Å²) in [6.45, 7) is 0. The molecule has 0 aromatic rings. The van der Waals surface area contributed by atoms with Crippen LogP contribution in [-0.2, 0) is 14.3 Å². The minimum Gasteiger partial charge on any atom is -0.467 e. The maximum Gasteiger partial charge on any atom is 0.328 e. The highest BCUT2D eigenvalue weighted by Crippen LogP contribution is 2.27. The Labute approximate surface area is 115 Å². The predicted octanol–water partition coefficient (Wildman–Crippen LogP) is 2.03. The molecule has 1 rings (SSSR count). The molecular formula is C15H23NO3. The number of hydrogen-bond donors (Lipinski definition) is 1. The number of methoxy groups -OCH3 is 1. The molecule has 0 heterocycles. The second kappa shape index (κ2) is 8.58. The van der Waals surface area contributed by atoms with Crippen molar-refractivity contribution in [1.29, 1.82) is 0 Å². The highest BCUT2D eigenvalue weighted by Gasteiger charge is 2.24. The molecule has 0 unspecified atom stereocenters. The van der Waals surface area contributed by atoms with Crippen LogP contribution >= 0.6 is 0 Å². The van der Waals surface area contributed by atoms with Gasteiger partial charge in [0.2, 0.25) is 5.91 Å². The van der Waals surface area contributed by atoms with E-state index in [1.807, 2.05) is 0 Å². The lowest BCUT2D eigenvalue weighted by atomic mass is 10.0. The van der Waals surface area contributed by atoms with Gasteiger partial charge in [-0.2, -0.15) is 0 Å². The van der Waals surface area contributed by atoms with Gasteiger partial charge in [-0.3, -0.25) is 4.79 Å². The molecule has 4 nitrogen and oxygen atoms in total. The Balaban J connectivity index is 2.39. The molecule has 0 aromatic heterocycles. The van der Waals surface area contributed by atoms with Crippen LogP contribution in [0, 0.1) is 18.3 Å². The van der Waals surface area contributed by atoms with E-state index in [-0.39, 0.29) is 5.91 Å². The van der Waals surface area contributed by atoms with E-state index in [4.69, 9.17) is 11.2 Å². The largest absolute Gasteiger partial charge is 0.467 e. The summed E-state index contributed by atoms with van der Waals surface area (Å²) < 4.78 is 4.71. The summed E-state index contributed by atoms with van der Waals surface area (Å²) in [5, 5.41) is 2.77. The van der Waals surface area contributed by atoms with Crippen LogP contribution in [0.25, 0.3) is 0 Å². The summed E-state index contributed by atoms with van der Waals surface area (Å²) >= 11 is 0. The molecule has 0 bridgehead atoms. The number of terminal acetylenes is 1. The van der Waals surface area contributed by atoms with E-state index in [0.29, 0.717) is 31.6 Å². The van der Waals surface area contributed by atoms with Crippen molar-refractivity contribution in [3.63, 3.8) is 0 Å². The molecule has 0 radical (unpaired) electrons. The Morgan fingerprint density at radius 1 is 1.42 bits per heavy atom. The molecule has 0 aliphatic heterocycles. The Morgan fingerprint density at radius 3 is 2.68 bits per heavy atom. The first-order chi connectivity index (χ1) is 9.17. The van der Waals surface area contributed by atoms with Gasteiger partial charge in [-0.1, -0.05) is 12.8 Å². The van der Waals surface area contributed by atoms with E-state index in [2.05, 4.69) is 11.2 Å². The number of carbonyl (C=O) groups is 2. The van der Waals surface area contributed by atoms with Crippen molar-refractivity contribution in [1.82, 2.24) is 5.32 Å². The number of esters is 1. The zero-order valence-electron chi connectivity index (χ0n) is 11.6. The van der Waals surface area contributed by atoms with Gasteiger partial charge in [0.05, 0.1) is 7.11 Å². The van der Waals surface area contributed by atoms with Gasteiger partial charge in [-0.15, -0.1) is 12.3 Å². The molecule has 1 saturated carbocycles. The summed E-state index contributed by atoms with van der Waals surface area (Å²) in [5.74, 6) is 2.56. The topological polar surface area (TPSA) is 55.4 Å². The monoisotopic (exact) mass is 265 g/mol. The molecule has 1 amide bonds. The smallest absolute Gasteiger partial charge is 0.328 e. The van der Waals surface area contributed by atoms with Gasteiger partial charge in [-0.05, 0) is 31.6 Å². The molecule has 106 valence electrons. The number of ether oxygens (including phenoxy) is 1. The standard InChI is InChI=1S/C15H23NO3/c1-3-4-5-10-13(15(18)19-2)16-14(17)11-12-8-6-7-9-12/h1,12-13H,4-11H2,2H3,(H,16,17)/t13-/m0/s1. The lowest BCUT2D eigenvalue weighted by molar-refractivity contribution is -0.145. The van der Waals surface area contributed by atoms with Crippen LogP contribution in [0.5, 0.6) is 0 Å². The van der Waals surface area contributed by atoms with Crippen molar-refractivity contribution in [2.75, 3.05) is 7.11 Å². The Morgan fingerprint density at radius 2 is 2.11 bits per heavy atom. The molecular weight excluding hydrogens is 242 g/mol. The second-order valence-electron chi connectivity index (χ2n) is 5.09. The zero-order valence-corrected chi connectivity index (χ0v) is 11.6. The molecule has 0 aromatic carbocycles. The Kier molecular flexibility index (Phi) is 7.02. The average molecular weight is 265 g/mol. The van der Waals surface area contributed by atoms with Crippen molar-refractivity contribution in [3.05, 3.63) is 0 Å². The lowest BCUT2D eigenvalue weighted by Gasteiger charge is -2.17. The van der Waals surface area contributed by atoms with E-state index in [0.717, 1.165) is 12.8 Å². The molecule has 1 aliphatic rings. The first kappa shape index (κ1) is 15.6. The zero-order chi connectivity index (χ0) is 14.1. The number of amides is 1. The third-order valence-electron chi connectivity index (χ3n) is 3.58. The predicted molar refractivity (Wildman–Crippen MR) is 73.2 cm³/mol. The lowest BCUT2D eigenvalue weighted by Crippen LogP contribution is -2.42. The molecule has 1 aliphatic carbocycles. The van der Waals surface area contributed by atoms with Gasteiger partial charge >= 0.3 is 5.97 Å². The Hall–Kier alpha value is -1.50. The maximum absolute atomic E-state index is 11.9. The number of hydrogen-bond acceptors (Lipinski definition) is 3. The van der Waals surface area contributed by atoms with E-state index < -0.39 is 12.0 Å². The third kappa shape index (κ3) is 5.78. The number of carbonyl (C=O) groups excluding carboxylic acids is 2. The second-order valence-corrected chi connectivity index (χ2v) is 5.09. The average Bonchev–Trinajstić information content (AvgIpc) is 2.89. The van der Waals surface area contributed by atoms with Crippen LogP contribution in [0.15, 0.2) is 0 Å². The molecule has 0 spiro atoms. The number of unbranched alkanes of at least 4 members (excludes halogenated alkanes) is 1. The summed E-state index contributed by atoms with van der Waals surface area (Å²) in [5.41, 5.74) is 0. The number of rotatable bonds is 7. The molecule has 1 N–H and O–H groups in total.